The van der Waals surface area contributed by atoms with Crippen molar-refractivity contribution in [3.8, 4) is 0 Å². The summed E-state index contributed by atoms with van der Waals surface area (Å²) in [5.74, 6) is 0. The molecule has 0 unspecified atom stereocenters. The van der Waals surface area contributed by atoms with Gasteiger partial charge in [-0.05, 0) is 12.1 Å². The number of para-hydroxylation sites is 1. The molecule has 0 aliphatic rings. The highest BCUT2D eigenvalue weighted by molar-refractivity contribution is 6.50. The molecule has 2 rings (SSSR count). The molecular formula is C8H5Cl2N3. The molecule has 1 heterocycles. The van der Waals surface area contributed by atoms with Gasteiger partial charge in [0.25, 0.3) is 0 Å². The number of halogens is 2. The summed E-state index contributed by atoms with van der Waals surface area (Å²) in [7, 11) is 0. The molecule has 0 N–H and O–H groups in total. The zero-order valence-corrected chi connectivity index (χ0v) is 8.00. The second-order valence-corrected chi connectivity index (χ2v) is 3.03. The van der Waals surface area contributed by atoms with Gasteiger partial charge in [0.05, 0.1) is 5.52 Å². The van der Waals surface area contributed by atoms with Crippen LogP contribution in [0.5, 0.6) is 0 Å². The molecule has 0 atom stereocenters. The van der Waals surface area contributed by atoms with Crippen LogP contribution in [0.1, 0.15) is 0 Å². The fraction of sp³-hybridized carbons (Fsp3) is 0. The van der Waals surface area contributed by atoms with Crippen LogP contribution in [0.25, 0.3) is 16.2 Å². The van der Waals surface area contributed by atoms with Gasteiger partial charge in [0.15, 0.2) is 0 Å². The monoisotopic (exact) mass is 213 g/mol. The van der Waals surface area contributed by atoms with E-state index in [1.165, 1.54) is 10.2 Å². The number of fused-ring (bicyclic) bond motifs is 1. The lowest BCUT2D eigenvalue weighted by molar-refractivity contribution is 0.854. The van der Waals surface area contributed by atoms with Crippen LogP contribution in [0.15, 0.2) is 29.8 Å². The normalized spacial score (nSPS) is 12.3. The van der Waals surface area contributed by atoms with Crippen molar-refractivity contribution < 1.29 is 0 Å². The Labute approximate surface area is 84.6 Å². The summed E-state index contributed by atoms with van der Waals surface area (Å²) >= 11 is 11.3. The molecule has 66 valence electrons. The zero-order chi connectivity index (χ0) is 9.26. The van der Waals surface area contributed by atoms with Crippen molar-refractivity contribution in [3.05, 3.63) is 29.8 Å². The van der Waals surface area contributed by atoms with E-state index >= 15 is 0 Å². The molecule has 3 nitrogen and oxygen atoms in total. The Morgan fingerprint density at radius 2 is 2.15 bits per heavy atom. The lowest BCUT2D eigenvalue weighted by Gasteiger charge is -1.96. The third kappa shape index (κ3) is 1.41. The Hall–Kier alpha value is -1.06. The van der Waals surface area contributed by atoms with Crippen LogP contribution in [0, 0.1) is 0 Å². The van der Waals surface area contributed by atoms with E-state index in [0.29, 0.717) is 5.16 Å². The summed E-state index contributed by atoms with van der Waals surface area (Å²) < 4.78 is 1.48. The van der Waals surface area contributed by atoms with Crippen molar-refractivity contribution in [2.75, 3.05) is 0 Å². The fourth-order valence-corrected chi connectivity index (χ4v) is 1.29. The van der Waals surface area contributed by atoms with Crippen LogP contribution in [0.3, 0.4) is 0 Å². The third-order valence-corrected chi connectivity index (χ3v) is 2.23. The molecule has 0 fully saturated rings. The van der Waals surface area contributed by atoms with Gasteiger partial charge >= 0.3 is 0 Å². The predicted molar refractivity (Wildman–Crippen MR) is 53.5 cm³/mol. The number of benzene rings is 1. The van der Waals surface area contributed by atoms with Gasteiger partial charge in [0, 0.05) is 5.54 Å². The van der Waals surface area contributed by atoms with E-state index in [4.69, 9.17) is 23.2 Å². The summed E-state index contributed by atoms with van der Waals surface area (Å²) in [5.41, 5.74) is 2.88. The largest absolute Gasteiger partial charge is 0.200 e. The molecule has 0 radical (unpaired) electrons. The van der Waals surface area contributed by atoms with Crippen molar-refractivity contribution in [2.24, 2.45) is 0 Å². The second kappa shape index (κ2) is 3.36. The minimum atomic E-state index is 0.329. The van der Waals surface area contributed by atoms with Crippen molar-refractivity contribution in [2.45, 2.75) is 0 Å². The van der Waals surface area contributed by atoms with Gasteiger partial charge in [-0.1, -0.05) is 40.5 Å². The predicted octanol–water partition coefficient (Wildman–Crippen LogP) is 2.66. The quantitative estimate of drug-likeness (QED) is 0.730. The first kappa shape index (κ1) is 8.53. The minimum absolute atomic E-state index is 0.329. The molecule has 0 amide bonds. The van der Waals surface area contributed by atoms with E-state index in [1.807, 2.05) is 24.3 Å². The van der Waals surface area contributed by atoms with Gasteiger partial charge < -0.3 is 0 Å². The molecule has 0 aliphatic carbocycles. The first-order valence-electron chi connectivity index (χ1n) is 3.59. The average Bonchev–Trinajstić information content (AvgIpc) is 2.60. The lowest BCUT2D eigenvalue weighted by Crippen LogP contribution is -1.92. The van der Waals surface area contributed by atoms with E-state index in [9.17, 15) is 0 Å². The van der Waals surface area contributed by atoms with E-state index in [2.05, 4.69) is 10.3 Å². The Morgan fingerprint density at radius 3 is 2.92 bits per heavy atom. The van der Waals surface area contributed by atoms with Gasteiger partial charge in [-0.25, -0.2) is 4.68 Å². The second-order valence-electron chi connectivity index (χ2n) is 2.42. The van der Waals surface area contributed by atoms with Crippen molar-refractivity contribution in [3.63, 3.8) is 0 Å². The summed E-state index contributed by atoms with van der Waals surface area (Å²) in [5, 5.41) is 8.09. The summed E-state index contributed by atoms with van der Waals surface area (Å²) in [6.45, 7) is 0. The fourth-order valence-electron chi connectivity index (χ4n) is 1.07. The van der Waals surface area contributed by atoms with E-state index in [-0.39, 0.29) is 0 Å². The summed E-state index contributed by atoms with van der Waals surface area (Å²) in [6.07, 6.45) is 0. The van der Waals surface area contributed by atoms with Crippen LogP contribution < -0.4 is 0 Å². The minimum Gasteiger partial charge on any atom is -0.200 e. The van der Waals surface area contributed by atoms with Gasteiger partial charge in [-0.15, -0.1) is 5.10 Å². The topological polar surface area (TPSA) is 30.7 Å². The van der Waals surface area contributed by atoms with Crippen LogP contribution in [0.2, 0.25) is 0 Å². The van der Waals surface area contributed by atoms with Crippen LogP contribution in [0.4, 0.5) is 0 Å². The van der Waals surface area contributed by atoms with Gasteiger partial charge in [0.2, 0.25) is 0 Å². The lowest BCUT2D eigenvalue weighted by atomic mass is 10.3. The Balaban J connectivity index is 2.71. The van der Waals surface area contributed by atoms with Gasteiger partial charge in [-0.2, -0.15) is 0 Å². The maximum absolute atomic E-state index is 5.80. The molecule has 13 heavy (non-hydrogen) atoms. The first-order chi connectivity index (χ1) is 6.33. The molecule has 1 aromatic carbocycles. The Morgan fingerprint density at radius 1 is 1.38 bits per heavy atom. The zero-order valence-electron chi connectivity index (χ0n) is 6.48. The Kier molecular flexibility index (Phi) is 2.20. The highest BCUT2D eigenvalue weighted by Gasteiger charge is 2.04. The molecule has 5 heteroatoms. The van der Waals surface area contributed by atoms with Crippen molar-refractivity contribution in [1.29, 1.82) is 0 Å². The van der Waals surface area contributed by atoms with Crippen molar-refractivity contribution in [1.82, 2.24) is 15.0 Å². The highest BCUT2D eigenvalue weighted by atomic mass is 35.5. The van der Waals surface area contributed by atoms with E-state index < -0.39 is 0 Å². The smallest absolute Gasteiger partial charge is 0.144 e. The molecule has 0 saturated carbocycles. The maximum atomic E-state index is 5.80. The summed E-state index contributed by atoms with van der Waals surface area (Å²) in [6, 6.07) is 7.51. The SMILES string of the molecule is ClC=C(Cl)n1nnc2ccccc21. The van der Waals surface area contributed by atoms with E-state index in [1.54, 1.807) is 0 Å². The molecule has 0 saturated heterocycles. The standard InChI is InChI=1S/C8H5Cl2N3/c9-5-8(10)13-7-4-2-1-3-6(7)11-12-13/h1-5H. The summed E-state index contributed by atoms with van der Waals surface area (Å²) in [4.78, 5) is 0. The first-order valence-corrected chi connectivity index (χ1v) is 4.41. The molecule has 0 aliphatic heterocycles. The maximum Gasteiger partial charge on any atom is 0.144 e. The van der Waals surface area contributed by atoms with Crippen LogP contribution in [-0.2, 0) is 0 Å². The van der Waals surface area contributed by atoms with Gasteiger partial charge in [-0.3, -0.25) is 0 Å². The average molecular weight is 214 g/mol. The molecule has 1 aromatic heterocycles. The van der Waals surface area contributed by atoms with E-state index in [0.717, 1.165) is 11.0 Å². The number of nitrogens with zero attached hydrogens (tertiary/aromatic N) is 3. The molecule has 2 aromatic rings. The number of hydrogen-bond donors (Lipinski definition) is 0. The highest BCUT2D eigenvalue weighted by Crippen LogP contribution is 2.17. The number of aromatic nitrogens is 3. The van der Waals surface area contributed by atoms with Crippen LogP contribution >= 0.6 is 23.2 Å². The number of hydrogen-bond acceptors (Lipinski definition) is 2. The van der Waals surface area contributed by atoms with Gasteiger partial charge in [0.1, 0.15) is 10.7 Å². The molecule has 0 bridgehead atoms. The number of rotatable bonds is 1. The van der Waals surface area contributed by atoms with Crippen molar-refractivity contribution >= 4 is 39.4 Å². The molecular weight excluding hydrogens is 209 g/mol. The third-order valence-electron chi connectivity index (χ3n) is 1.64. The van der Waals surface area contributed by atoms with Crippen LogP contribution in [-0.4, -0.2) is 15.0 Å². The Bertz CT molecular complexity index is 461. The molecule has 0 spiro atoms.